The molecule has 2 fully saturated rings. The average molecular weight is 399 g/mol. The van der Waals surface area contributed by atoms with Gasteiger partial charge in [0.05, 0.1) is 24.9 Å². The largest absolute Gasteiger partial charge is 0.463 e. The lowest BCUT2D eigenvalue weighted by atomic mass is 9.91. The van der Waals surface area contributed by atoms with Gasteiger partial charge in [0.2, 0.25) is 0 Å². The van der Waals surface area contributed by atoms with Gasteiger partial charge in [-0.05, 0) is 45.0 Å². The number of aliphatic hydroxyl groups is 1. The minimum atomic E-state index is -2.10. The highest BCUT2D eigenvalue weighted by Crippen LogP contribution is 2.54. The van der Waals surface area contributed by atoms with E-state index in [2.05, 4.69) is 33.9 Å². The smallest absolute Gasteiger partial charge is 0.334 e. The minimum Gasteiger partial charge on any atom is -0.463 e. The van der Waals surface area contributed by atoms with Crippen LogP contribution in [0.4, 0.5) is 0 Å². The van der Waals surface area contributed by atoms with Crippen LogP contribution in [0.25, 0.3) is 0 Å². The molecule has 7 heteroatoms. The van der Waals surface area contributed by atoms with Crippen molar-refractivity contribution in [1.29, 1.82) is 0 Å². The summed E-state index contributed by atoms with van der Waals surface area (Å²) in [4.78, 5) is 12.6. The molecule has 1 aliphatic heterocycles. The quantitative estimate of drug-likeness (QED) is 0.580. The van der Waals surface area contributed by atoms with Gasteiger partial charge in [0.25, 0.3) is 0 Å². The molecule has 0 unspecified atom stereocenters. The van der Waals surface area contributed by atoms with Crippen LogP contribution in [0.5, 0.6) is 0 Å². The molecular formula is C20H34O6Si. The molecule has 6 nitrogen and oxygen atoms in total. The Morgan fingerprint density at radius 3 is 2.41 bits per heavy atom. The van der Waals surface area contributed by atoms with Crippen LogP contribution in [0.1, 0.15) is 41.5 Å². The van der Waals surface area contributed by atoms with E-state index in [-0.39, 0.29) is 35.1 Å². The number of hydrogen-bond acceptors (Lipinski definition) is 6. The van der Waals surface area contributed by atoms with E-state index in [9.17, 15) is 9.90 Å². The number of aliphatic hydroxyl groups excluding tert-OH is 1. The molecule has 1 saturated carbocycles. The second kappa shape index (κ2) is 6.66. The maximum atomic E-state index is 12.6. The van der Waals surface area contributed by atoms with Crippen LogP contribution < -0.4 is 0 Å². The molecule has 1 saturated heterocycles. The number of ether oxygens (including phenoxy) is 3. The zero-order valence-corrected chi connectivity index (χ0v) is 18.7. The highest BCUT2D eigenvalue weighted by Gasteiger charge is 2.64. The van der Waals surface area contributed by atoms with Crippen LogP contribution in [-0.2, 0) is 23.4 Å². The number of rotatable bonds is 4. The first kappa shape index (κ1) is 21.0. The third-order valence-corrected chi connectivity index (χ3v) is 11.0. The van der Waals surface area contributed by atoms with Gasteiger partial charge in [-0.1, -0.05) is 20.8 Å². The summed E-state index contributed by atoms with van der Waals surface area (Å²) in [5.41, 5.74) is 0.554. The number of hydrogen-bond donors (Lipinski definition) is 1. The van der Waals surface area contributed by atoms with Crippen LogP contribution in [0, 0.1) is 11.8 Å². The Bertz CT molecular complexity index is 635. The maximum Gasteiger partial charge on any atom is 0.334 e. The summed E-state index contributed by atoms with van der Waals surface area (Å²) in [6, 6.07) is 0. The number of carbonyl (C=O) groups excluding carboxylic acids is 1. The molecule has 0 bridgehead atoms. The van der Waals surface area contributed by atoms with Crippen molar-refractivity contribution in [3.05, 3.63) is 11.6 Å². The van der Waals surface area contributed by atoms with Crippen molar-refractivity contribution in [2.24, 2.45) is 11.8 Å². The molecule has 3 rings (SSSR count). The van der Waals surface area contributed by atoms with Crippen molar-refractivity contribution in [3.63, 3.8) is 0 Å². The maximum absolute atomic E-state index is 12.6. The molecule has 0 aromatic heterocycles. The average Bonchev–Trinajstić information content (AvgIpc) is 3.09. The molecule has 0 spiro atoms. The molecule has 0 aromatic carbocycles. The Morgan fingerprint density at radius 2 is 1.85 bits per heavy atom. The first-order valence-electron chi connectivity index (χ1n) is 9.89. The van der Waals surface area contributed by atoms with E-state index in [0.29, 0.717) is 12.2 Å². The first-order chi connectivity index (χ1) is 12.3. The van der Waals surface area contributed by atoms with Crippen molar-refractivity contribution in [3.8, 4) is 0 Å². The van der Waals surface area contributed by atoms with Crippen LogP contribution in [-0.4, -0.2) is 56.2 Å². The van der Waals surface area contributed by atoms with Gasteiger partial charge in [-0.15, -0.1) is 0 Å². The summed E-state index contributed by atoms with van der Waals surface area (Å²) in [5, 5.41) is 11.1. The SMILES string of the molecule is CCOC(=O)C1=C[C@@H](O[Si](C)(C)C(C)(C)C)[C@@H]2[C@@H](O)[C@H]3OC(C)(C)O[C@H]3[C@H]12. The summed E-state index contributed by atoms with van der Waals surface area (Å²) in [7, 11) is -2.10. The normalized spacial score (nSPS) is 37.7. The lowest BCUT2D eigenvalue weighted by Gasteiger charge is -2.40. The number of fused-ring (bicyclic) bond motifs is 3. The molecule has 6 atom stereocenters. The highest BCUT2D eigenvalue weighted by molar-refractivity contribution is 6.74. The topological polar surface area (TPSA) is 74.2 Å². The van der Waals surface area contributed by atoms with Gasteiger partial charge >= 0.3 is 5.97 Å². The van der Waals surface area contributed by atoms with Gasteiger partial charge in [-0.2, -0.15) is 0 Å². The van der Waals surface area contributed by atoms with Gasteiger partial charge < -0.3 is 23.7 Å². The van der Waals surface area contributed by atoms with E-state index < -0.39 is 26.3 Å². The first-order valence-corrected chi connectivity index (χ1v) is 12.8. The summed E-state index contributed by atoms with van der Waals surface area (Å²) in [6.07, 6.45) is -0.0599. The molecule has 0 radical (unpaired) electrons. The minimum absolute atomic E-state index is 0.0252. The lowest BCUT2D eigenvalue weighted by molar-refractivity contribution is -0.175. The fourth-order valence-electron chi connectivity index (χ4n) is 4.24. The van der Waals surface area contributed by atoms with Crippen molar-refractivity contribution in [2.45, 2.75) is 89.9 Å². The van der Waals surface area contributed by atoms with Gasteiger partial charge in [0.15, 0.2) is 14.1 Å². The standard InChI is InChI=1S/C20H34O6Si/c1-9-23-18(22)11-10-12(26-27(7,8)19(2,3)4)14-13(11)16-17(15(14)21)25-20(5,6)24-16/h10,12-17,21H,9H2,1-8H3/t12-,13-,14+,15-,16+,17-/m1/s1. The molecule has 2 aliphatic carbocycles. The zero-order chi connectivity index (χ0) is 20.4. The van der Waals surface area contributed by atoms with E-state index >= 15 is 0 Å². The Hall–Kier alpha value is -0.733. The molecule has 3 aliphatic rings. The monoisotopic (exact) mass is 398 g/mol. The van der Waals surface area contributed by atoms with Gasteiger partial charge in [-0.25, -0.2) is 4.79 Å². The molecule has 154 valence electrons. The predicted molar refractivity (Wildman–Crippen MR) is 104 cm³/mol. The second-order valence-corrected chi connectivity index (χ2v) is 14.6. The molecule has 27 heavy (non-hydrogen) atoms. The van der Waals surface area contributed by atoms with E-state index in [1.54, 1.807) is 6.92 Å². The van der Waals surface area contributed by atoms with Crippen molar-refractivity contribution in [2.75, 3.05) is 6.61 Å². The Kier molecular flexibility index (Phi) is 5.18. The highest BCUT2D eigenvalue weighted by atomic mass is 28.4. The van der Waals surface area contributed by atoms with E-state index in [1.165, 1.54) is 0 Å². The van der Waals surface area contributed by atoms with Crippen LogP contribution in [0.15, 0.2) is 11.6 Å². The molecule has 0 aromatic rings. The lowest BCUT2D eigenvalue weighted by Crippen LogP contribution is -2.47. The second-order valence-electron chi connectivity index (χ2n) is 9.84. The number of esters is 1. The van der Waals surface area contributed by atoms with Crippen molar-refractivity contribution >= 4 is 14.3 Å². The van der Waals surface area contributed by atoms with Crippen molar-refractivity contribution < 1.29 is 28.5 Å². The summed E-state index contributed by atoms with van der Waals surface area (Å²) < 4.78 is 23.9. The number of carbonyl (C=O) groups is 1. The van der Waals surface area contributed by atoms with Gasteiger partial charge in [0, 0.05) is 17.4 Å². The van der Waals surface area contributed by atoms with E-state index in [4.69, 9.17) is 18.6 Å². The van der Waals surface area contributed by atoms with E-state index in [1.807, 2.05) is 19.9 Å². The van der Waals surface area contributed by atoms with Crippen LogP contribution in [0.3, 0.4) is 0 Å². The third kappa shape index (κ3) is 3.53. The predicted octanol–water partition coefficient (Wildman–Crippen LogP) is 3.01. The Labute approximate surface area is 163 Å². The van der Waals surface area contributed by atoms with Gasteiger partial charge in [0.1, 0.15) is 6.10 Å². The summed E-state index contributed by atoms with van der Waals surface area (Å²) in [5.74, 6) is -1.67. The van der Waals surface area contributed by atoms with Crippen molar-refractivity contribution in [1.82, 2.24) is 0 Å². The molecule has 0 amide bonds. The molecule has 1 heterocycles. The fraction of sp³-hybridized carbons (Fsp3) is 0.850. The summed E-state index contributed by atoms with van der Waals surface area (Å²) in [6.45, 7) is 16.6. The molecular weight excluding hydrogens is 364 g/mol. The van der Waals surface area contributed by atoms with Gasteiger partial charge in [-0.3, -0.25) is 0 Å². The molecule has 1 N–H and O–H groups in total. The Morgan fingerprint density at radius 1 is 1.26 bits per heavy atom. The zero-order valence-electron chi connectivity index (χ0n) is 17.7. The van der Waals surface area contributed by atoms with E-state index in [0.717, 1.165) is 0 Å². The van der Waals surface area contributed by atoms with Crippen LogP contribution >= 0.6 is 0 Å². The summed E-state index contributed by atoms with van der Waals surface area (Å²) >= 11 is 0. The Balaban J connectivity index is 1.94. The fourth-order valence-corrected chi connectivity index (χ4v) is 5.50. The third-order valence-electron chi connectivity index (χ3n) is 6.49. The van der Waals surface area contributed by atoms with Crippen LogP contribution in [0.2, 0.25) is 18.1 Å².